The highest BCUT2D eigenvalue weighted by atomic mass is 19.4. The molecular formula is C15H14F3NO6. The van der Waals surface area contributed by atoms with Crippen LogP contribution in [0.25, 0.3) is 6.08 Å². The summed E-state index contributed by atoms with van der Waals surface area (Å²) in [6.45, 7) is 1.43. The maximum absolute atomic E-state index is 12.4. The zero-order chi connectivity index (χ0) is 19.8. The van der Waals surface area contributed by atoms with E-state index in [9.17, 15) is 27.9 Å². The van der Waals surface area contributed by atoms with E-state index in [0.29, 0.717) is 6.08 Å². The molecule has 0 aromatic heterocycles. The van der Waals surface area contributed by atoms with E-state index in [1.165, 1.54) is 21.1 Å². The second-order valence-corrected chi connectivity index (χ2v) is 4.19. The SMILES string of the molecule is CC#N.COc1cc(C=C(C(=O)O)C(=O)C(F)(F)F)cc(OC)c1O. The molecular weight excluding hydrogens is 347 g/mol. The minimum absolute atomic E-state index is 0.124. The second-order valence-electron chi connectivity index (χ2n) is 4.19. The predicted molar refractivity (Wildman–Crippen MR) is 79.2 cm³/mol. The minimum atomic E-state index is -5.32. The molecule has 1 aromatic carbocycles. The third kappa shape index (κ3) is 6.06. The van der Waals surface area contributed by atoms with Gasteiger partial charge in [0.25, 0.3) is 5.78 Å². The molecule has 0 atom stereocenters. The lowest BCUT2D eigenvalue weighted by molar-refractivity contribution is -0.168. The van der Waals surface area contributed by atoms with Crippen LogP contribution in [0, 0.1) is 11.3 Å². The Bertz CT molecular complexity index is 694. The lowest BCUT2D eigenvalue weighted by Gasteiger charge is -2.10. The lowest BCUT2D eigenvalue weighted by atomic mass is 10.1. The predicted octanol–water partition coefficient (Wildman–Crippen LogP) is 2.54. The van der Waals surface area contributed by atoms with E-state index in [1.807, 2.05) is 0 Å². The Morgan fingerprint density at radius 1 is 1.20 bits per heavy atom. The fourth-order valence-corrected chi connectivity index (χ4v) is 1.54. The molecule has 1 aromatic rings. The van der Waals surface area contributed by atoms with Crippen molar-refractivity contribution in [3.8, 4) is 23.3 Å². The molecule has 0 aliphatic heterocycles. The first-order valence-electron chi connectivity index (χ1n) is 6.35. The summed E-state index contributed by atoms with van der Waals surface area (Å²) in [5, 5.41) is 25.8. The van der Waals surface area contributed by atoms with Crippen LogP contribution in [0.1, 0.15) is 12.5 Å². The van der Waals surface area contributed by atoms with Crippen LogP contribution in [0.15, 0.2) is 17.7 Å². The lowest BCUT2D eigenvalue weighted by Crippen LogP contribution is -2.28. The van der Waals surface area contributed by atoms with E-state index in [-0.39, 0.29) is 17.1 Å². The quantitative estimate of drug-likeness (QED) is 0.470. The van der Waals surface area contributed by atoms with Crippen LogP contribution in [0.3, 0.4) is 0 Å². The largest absolute Gasteiger partial charge is 0.502 e. The van der Waals surface area contributed by atoms with Gasteiger partial charge < -0.3 is 19.7 Å². The van der Waals surface area contributed by atoms with Gasteiger partial charge in [0.2, 0.25) is 5.75 Å². The van der Waals surface area contributed by atoms with Crippen molar-refractivity contribution < 1.29 is 42.4 Å². The van der Waals surface area contributed by atoms with Gasteiger partial charge in [-0.05, 0) is 23.8 Å². The number of nitrogens with zero attached hydrogens (tertiary/aromatic N) is 1. The van der Waals surface area contributed by atoms with Crippen molar-refractivity contribution in [2.75, 3.05) is 14.2 Å². The smallest absolute Gasteiger partial charge is 0.455 e. The number of phenolic OH excluding ortho intramolecular Hbond substituents is 1. The molecule has 1 rings (SSSR count). The number of carbonyl (C=O) groups is 2. The number of benzene rings is 1. The van der Waals surface area contributed by atoms with Gasteiger partial charge in [-0.2, -0.15) is 18.4 Å². The van der Waals surface area contributed by atoms with Crippen LogP contribution in [0.5, 0.6) is 17.2 Å². The monoisotopic (exact) mass is 361 g/mol. The number of ketones is 1. The Kier molecular flexibility index (Phi) is 7.99. The first kappa shape index (κ1) is 21.8. The number of methoxy groups -OCH3 is 2. The number of alkyl halides is 3. The molecule has 0 aliphatic rings. The summed E-state index contributed by atoms with van der Waals surface area (Å²) in [6.07, 6.45) is -4.81. The van der Waals surface area contributed by atoms with Crippen molar-refractivity contribution in [3.05, 3.63) is 23.3 Å². The van der Waals surface area contributed by atoms with Gasteiger partial charge in [-0.25, -0.2) is 4.79 Å². The number of carboxylic acid groups (broad SMARTS) is 1. The van der Waals surface area contributed by atoms with Crippen LogP contribution < -0.4 is 9.47 Å². The number of rotatable bonds is 5. The molecule has 10 heteroatoms. The summed E-state index contributed by atoms with van der Waals surface area (Å²) >= 11 is 0. The normalized spacial score (nSPS) is 10.8. The number of aromatic hydroxyl groups is 1. The topological polar surface area (TPSA) is 117 Å². The fourth-order valence-electron chi connectivity index (χ4n) is 1.54. The van der Waals surface area contributed by atoms with E-state index in [2.05, 4.69) is 0 Å². The molecule has 2 N–H and O–H groups in total. The Balaban J connectivity index is 0.00000178. The Morgan fingerprint density at radius 3 is 1.88 bits per heavy atom. The molecule has 0 spiro atoms. The summed E-state index contributed by atoms with van der Waals surface area (Å²) in [4.78, 5) is 22.0. The van der Waals surface area contributed by atoms with Gasteiger partial charge in [-0.15, -0.1) is 0 Å². The fraction of sp³-hybridized carbons (Fsp3) is 0.267. The third-order valence-electron chi connectivity index (χ3n) is 2.55. The Hall–Kier alpha value is -3.22. The summed E-state index contributed by atoms with van der Waals surface area (Å²) in [5.74, 6) is -5.26. The number of hydrogen-bond acceptors (Lipinski definition) is 6. The van der Waals surface area contributed by atoms with E-state index >= 15 is 0 Å². The van der Waals surface area contributed by atoms with Gasteiger partial charge in [-0.1, -0.05) is 0 Å². The molecule has 0 heterocycles. The molecule has 0 unspecified atom stereocenters. The van der Waals surface area contributed by atoms with E-state index < -0.39 is 29.3 Å². The van der Waals surface area contributed by atoms with Gasteiger partial charge >= 0.3 is 12.1 Å². The molecule has 0 bridgehead atoms. The molecule has 0 fully saturated rings. The highest BCUT2D eigenvalue weighted by molar-refractivity contribution is 6.22. The number of hydrogen-bond donors (Lipinski definition) is 2. The zero-order valence-electron chi connectivity index (χ0n) is 13.3. The molecule has 0 amide bonds. The van der Waals surface area contributed by atoms with E-state index in [4.69, 9.17) is 19.8 Å². The van der Waals surface area contributed by atoms with Crippen LogP contribution in [-0.4, -0.2) is 42.4 Å². The van der Waals surface area contributed by atoms with E-state index in [1.54, 1.807) is 6.07 Å². The summed E-state index contributed by atoms with van der Waals surface area (Å²) in [7, 11) is 2.36. The number of Topliss-reactive ketones (excluding diaryl/α,β-unsaturated/α-hetero) is 1. The van der Waals surface area contributed by atoms with Crippen molar-refractivity contribution in [3.63, 3.8) is 0 Å². The first-order valence-corrected chi connectivity index (χ1v) is 6.35. The Morgan fingerprint density at radius 2 is 1.60 bits per heavy atom. The van der Waals surface area contributed by atoms with E-state index in [0.717, 1.165) is 12.1 Å². The average molecular weight is 361 g/mol. The number of ether oxygens (including phenoxy) is 2. The maximum atomic E-state index is 12.4. The maximum Gasteiger partial charge on any atom is 0.455 e. The summed E-state index contributed by atoms with van der Waals surface area (Å²) in [6, 6.07) is 3.87. The zero-order valence-corrected chi connectivity index (χ0v) is 13.3. The molecule has 0 saturated carbocycles. The molecule has 7 nitrogen and oxygen atoms in total. The van der Waals surface area contributed by atoms with Gasteiger partial charge in [0.15, 0.2) is 11.5 Å². The van der Waals surface area contributed by atoms with Crippen LogP contribution >= 0.6 is 0 Å². The van der Waals surface area contributed by atoms with Crippen molar-refractivity contribution in [2.24, 2.45) is 0 Å². The van der Waals surface area contributed by atoms with Crippen molar-refractivity contribution in [1.29, 1.82) is 5.26 Å². The molecule has 0 saturated heterocycles. The van der Waals surface area contributed by atoms with Gasteiger partial charge in [-0.3, -0.25) is 4.79 Å². The van der Waals surface area contributed by atoms with Crippen LogP contribution in [-0.2, 0) is 9.59 Å². The molecule has 136 valence electrons. The van der Waals surface area contributed by atoms with Gasteiger partial charge in [0.1, 0.15) is 5.57 Å². The van der Waals surface area contributed by atoms with Crippen molar-refractivity contribution in [1.82, 2.24) is 0 Å². The number of carbonyl (C=O) groups excluding carboxylic acids is 1. The number of aliphatic carboxylic acids is 1. The standard InChI is InChI=1S/C13H11F3O6.C2H3N/c1-21-8-4-6(5-9(22-2)10(8)17)3-7(12(19)20)11(18)13(14,15)16;1-2-3/h3-5,17H,1-2H3,(H,19,20);1H3. The Labute approximate surface area is 140 Å². The highest BCUT2D eigenvalue weighted by Gasteiger charge is 2.43. The molecule has 0 radical (unpaired) electrons. The molecule has 0 aliphatic carbocycles. The van der Waals surface area contributed by atoms with Crippen molar-refractivity contribution >= 4 is 17.8 Å². The molecule has 25 heavy (non-hydrogen) atoms. The number of phenols is 1. The van der Waals surface area contributed by atoms with Crippen LogP contribution in [0.4, 0.5) is 13.2 Å². The summed E-state index contributed by atoms with van der Waals surface area (Å²) < 4.78 is 46.7. The number of halogens is 3. The first-order chi connectivity index (χ1) is 11.5. The summed E-state index contributed by atoms with van der Waals surface area (Å²) in [5.41, 5.74) is -1.59. The minimum Gasteiger partial charge on any atom is -0.502 e. The van der Waals surface area contributed by atoms with Gasteiger partial charge in [0, 0.05) is 6.92 Å². The average Bonchev–Trinajstić information content (AvgIpc) is 2.52. The van der Waals surface area contributed by atoms with Gasteiger partial charge in [0.05, 0.1) is 20.3 Å². The number of nitriles is 1. The van der Waals surface area contributed by atoms with Crippen molar-refractivity contribution in [2.45, 2.75) is 13.1 Å². The number of carboxylic acids is 1. The second kappa shape index (κ2) is 9.17. The third-order valence-corrected chi connectivity index (χ3v) is 2.55. The highest BCUT2D eigenvalue weighted by Crippen LogP contribution is 2.38. The van der Waals surface area contributed by atoms with Crippen LogP contribution in [0.2, 0.25) is 0 Å².